The molecular weight excluding hydrogens is 328 g/mol. The van der Waals surface area contributed by atoms with E-state index in [4.69, 9.17) is 4.98 Å². The Morgan fingerprint density at radius 2 is 2.00 bits per heavy atom. The van der Waals surface area contributed by atoms with Crippen LogP contribution in [0.2, 0.25) is 0 Å². The lowest BCUT2D eigenvalue weighted by atomic mass is 9.93. The first-order chi connectivity index (χ1) is 12.6. The van der Waals surface area contributed by atoms with Gasteiger partial charge in [-0.05, 0) is 62.0 Å². The van der Waals surface area contributed by atoms with Crippen molar-refractivity contribution in [2.75, 3.05) is 18.0 Å². The number of nitrogens with one attached hydrogen (secondary N) is 1. The zero-order valence-electron chi connectivity index (χ0n) is 14.7. The number of rotatable bonds is 3. The maximum Gasteiger partial charge on any atom is 0.268 e. The summed E-state index contributed by atoms with van der Waals surface area (Å²) in [6.45, 7) is 1.70. The number of aliphatic hydroxyl groups excluding tert-OH is 1. The molecule has 2 saturated carbocycles. The molecule has 2 aliphatic carbocycles. The lowest BCUT2D eigenvalue weighted by molar-refractivity contribution is 0.149. The minimum atomic E-state index is -0.569. The van der Waals surface area contributed by atoms with Crippen LogP contribution in [0, 0.1) is 22.7 Å². The standard InChI is InChI=1S/C20H22N4O2/c21-11-13-17(24-9-7-20(5-6-20)8-10-24)16-14(23-19(13)26)3-4-15(22-16)18(25)12-1-2-12/h3-4,12,18,25H,1-2,5-10H2,(H,23,26). The van der Waals surface area contributed by atoms with Gasteiger partial charge in [0, 0.05) is 13.1 Å². The zero-order chi connectivity index (χ0) is 17.9. The fraction of sp³-hybridized carbons (Fsp3) is 0.550. The molecule has 1 atom stereocenters. The van der Waals surface area contributed by atoms with Crippen LogP contribution in [0.5, 0.6) is 0 Å². The highest BCUT2D eigenvalue weighted by Crippen LogP contribution is 2.54. The first kappa shape index (κ1) is 15.8. The number of aromatic nitrogens is 2. The maximum absolute atomic E-state index is 12.4. The molecule has 6 heteroatoms. The highest BCUT2D eigenvalue weighted by atomic mass is 16.3. The number of hydrogen-bond acceptors (Lipinski definition) is 5. The minimum Gasteiger partial charge on any atom is -0.387 e. The molecule has 0 bridgehead atoms. The van der Waals surface area contributed by atoms with Crippen molar-refractivity contribution in [3.05, 3.63) is 33.7 Å². The number of aromatic amines is 1. The Bertz CT molecular complexity index is 972. The van der Waals surface area contributed by atoms with Crippen LogP contribution in [-0.2, 0) is 0 Å². The second kappa shape index (κ2) is 5.55. The fourth-order valence-electron chi connectivity index (χ4n) is 4.28. The van der Waals surface area contributed by atoms with Gasteiger partial charge < -0.3 is 15.0 Å². The molecule has 1 spiro atoms. The summed E-state index contributed by atoms with van der Waals surface area (Å²) in [5.41, 5.74) is 2.82. The molecular formula is C20H22N4O2. The van der Waals surface area contributed by atoms with Gasteiger partial charge in [-0.2, -0.15) is 5.26 Å². The third kappa shape index (κ3) is 2.50. The number of pyridine rings is 2. The summed E-state index contributed by atoms with van der Waals surface area (Å²) >= 11 is 0. The van der Waals surface area contributed by atoms with Gasteiger partial charge in [0.2, 0.25) is 0 Å². The molecule has 26 heavy (non-hydrogen) atoms. The molecule has 0 amide bonds. The van der Waals surface area contributed by atoms with Crippen LogP contribution in [0.15, 0.2) is 16.9 Å². The average Bonchev–Trinajstić information content (AvgIpc) is 3.57. The van der Waals surface area contributed by atoms with Crippen LogP contribution < -0.4 is 10.5 Å². The Labute approximate surface area is 151 Å². The van der Waals surface area contributed by atoms with E-state index in [1.807, 2.05) is 6.07 Å². The number of anilines is 1. The fourth-order valence-corrected chi connectivity index (χ4v) is 4.28. The number of hydrogen-bond donors (Lipinski definition) is 2. The molecule has 134 valence electrons. The Morgan fingerprint density at radius 1 is 1.27 bits per heavy atom. The van der Waals surface area contributed by atoms with Crippen molar-refractivity contribution in [1.82, 2.24) is 9.97 Å². The van der Waals surface area contributed by atoms with Gasteiger partial charge in [-0.1, -0.05) is 0 Å². The molecule has 2 N–H and O–H groups in total. The summed E-state index contributed by atoms with van der Waals surface area (Å²) < 4.78 is 0. The summed E-state index contributed by atoms with van der Waals surface area (Å²) in [5.74, 6) is 0.284. The van der Waals surface area contributed by atoms with Gasteiger partial charge in [0.05, 0.1) is 23.0 Å². The number of aliphatic hydroxyl groups is 1. The second-order valence-electron chi connectivity index (χ2n) is 8.19. The van der Waals surface area contributed by atoms with Gasteiger partial charge in [-0.25, -0.2) is 4.98 Å². The third-order valence-electron chi connectivity index (χ3n) is 6.43. The predicted molar refractivity (Wildman–Crippen MR) is 97.9 cm³/mol. The lowest BCUT2D eigenvalue weighted by Gasteiger charge is -2.34. The third-order valence-corrected chi connectivity index (χ3v) is 6.43. The summed E-state index contributed by atoms with van der Waals surface area (Å²) in [7, 11) is 0. The summed E-state index contributed by atoms with van der Waals surface area (Å²) in [6, 6.07) is 5.68. The smallest absolute Gasteiger partial charge is 0.268 e. The normalized spacial score (nSPS) is 22.4. The maximum atomic E-state index is 12.4. The quantitative estimate of drug-likeness (QED) is 0.887. The van der Waals surface area contributed by atoms with Gasteiger partial charge >= 0.3 is 0 Å². The summed E-state index contributed by atoms with van der Waals surface area (Å²) in [5, 5.41) is 20.1. The van der Waals surface area contributed by atoms with E-state index in [1.54, 1.807) is 6.07 Å². The largest absolute Gasteiger partial charge is 0.387 e. The van der Waals surface area contributed by atoms with Crippen LogP contribution in [-0.4, -0.2) is 28.2 Å². The van der Waals surface area contributed by atoms with Crippen molar-refractivity contribution < 1.29 is 5.11 Å². The zero-order valence-corrected chi connectivity index (χ0v) is 14.7. The number of H-pyrrole nitrogens is 1. The highest BCUT2D eigenvalue weighted by molar-refractivity contribution is 5.91. The van der Waals surface area contributed by atoms with E-state index in [9.17, 15) is 15.2 Å². The summed E-state index contributed by atoms with van der Waals surface area (Å²) in [4.78, 5) is 22.1. The molecule has 1 unspecified atom stereocenters. The molecule has 2 aromatic heterocycles. The Balaban J connectivity index is 1.63. The van der Waals surface area contributed by atoms with Crippen molar-refractivity contribution in [1.29, 1.82) is 5.26 Å². The van der Waals surface area contributed by atoms with E-state index >= 15 is 0 Å². The Hall–Kier alpha value is -2.39. The Kier molecular flexibility index (Phi) is 3.38. The molecule has 2 aromatic rings. The van der Waals surface area contributed by atoms with E-state index in [2.05, 4.69) is 16.0 Å². The molecule has 1 aliphatic heterocycles. The van der Waals surface area contributed by atoms with Gasteiger partial charge in [0.25, 0.3) is 5.56 Å². The average molecular weight is 350 g/mol. The molecule has 3 aliphatic rings. The van der Waals surface area contributed by atoms with Crippen molar-refractivity contribution >= 4 is 16.7 Å². The predicted octanol–water partition coefficient (Wildman–Crippen LogP) is 2.62. The first-order valence-electron chi connectivity index (χ1n) is 9.50. The lowest BCUT2D eigenvalue weighted by Crippen LogP contribution is -2.36. The van der Waals surface area contributed by atoms with E-state index in [1.165, 1.54) is 12.8 Å². The monoisotopic (exact) mass is 350 g/mol. The molecule has 3 heterocycles. The number of nitrogens with zero attached hydrogens (tertiary/aromatic N) is 3. The number of fused-ring (bicyclic) bond motifs is 1. The summed E-state index contributed by atoms with van der Waals surface area (Å²) in [6.07, 6.45) is 6.30. The van der Waals surface area contributed by atoms with Gasteiger partial charge in [0.1, 0.15) is 17.1 Å². The van der Waals surface area contributed by atoms with Crippen molar-refractivity contribution in [2.45, 2.75) is 44.6 Å². The van der Waals surface area contributed by atoms with Crippen LogP contribution in [0.4, 0.5) is 5.69 Å². The second-order valence-corrected chi connectivity index (χ2v) is 8.19. The van der Waals surface area contributed by atoms with Gasteiger partial charge in [-0.15, -0.1) is 0 Å². The molecule has 6 nitrogen and oxygen atoms in total. The molecule has 0 aromatic carbocycles. The van der Waals surface area contributed by atoms with E-state index in [0.29, 0.717) is 27.8 Å². The van der Waals surface area contributed by atoms with Crippen LogP contribution in [0.25, 0.3) is 11.0 Å². The molecule has 3 fully saturated rings. The van der Waals surface area contributed by atoms with Crippen molar-refractivity contribution in [2.24, 2.45) is 11.3 Å². The number of nitriles is 1. The highest BCUT2D eigenvalue weighted by Gasteiger charge is 2.45. The number of piperidine rings is 1. The Morgan fingerprint density at radius 3 is 2.62 bits per heavy atom. The van der Waals surface area contributed by atoms with Crippen molar-refractivity contribution in [3.8, 4) is 6.07 Å². The van der Waals surface area contributed by atoms with E-state index in [0.717, 1.165) is 38.8 Å². The minimum absolute atomic E-state index is 0.134. The SMILES string of the molecule is N#Cc1c(N2CCC3(CC2)CC3)c2nc(C(O)C3CC3)ccc2[nH]c1=O. The first-order valence-corrected chi connectivity index (χ1v) is 9.50. The van der Waals surface area contributed by atoms with Crippen LogP contribution in [0.1, 0.15) is 55.9 Å². The van der Waals surface area contributed by atoms with Crippen LogP contribution in [0.3, 0.4) is 0 Å². The van der Waals surface area contributed by atoms with E-state index < -0.39 is 6.10 Å². The molecule has 5 rings (SSSR count). The van der Waals surface area contributed by atoms with Crippen LogP contribution >= 0.6 is 0 Å². The van der Waals surface area contributed by atoms with E-state index in [-0.39, 0.29) is 17.0 Å². The molecule has 0 radical (unpaired) electrons. The topological polar surface area (TPSA) is 93.0 Å². The molecule has 1 saturated heterocycles. The van der Waals surface area contributed by atoms with Gasteiger partial charge in [0.15, 0.2) is 0 Å². The van der Waals surface area contributed by atoms with Gasteiger partial charge in [-0.3, -0.25) is 4.79 Å². The van der Waals surface area contributed by atoms with Crippen molar-refractivity contribution in [3.63, 3.8) is 0 Å².